The van der Waals surface area contributed by atoms with Gasteiger partial charge in [-0.15, -0.1) is 0 Å². The van der Waals surface area contributed by atoms with Crippen LogP contribution in [0.25, 0.3) is 0 Å². The summed E-state index contributed by atoms with van der Waals surface area (Å²) >= 11 is 0. The zero-order valence-corrected chi connectivity index (χ0v) is 13.6. The Morgan fingerprint density at radius 1 is 1.32 bits per heavy atom. The van der Waals surface area contributed by atoms with E-state index in [1.807, 2.05) is 0 Å². The Morgan fingerprint density at radius 3 is 2.42 bits per heavy atom. The van der Waals surface area contributed by atoms with Crippen LogP contribution in [-0.2, 0) is 13.1 Å². The summed E-state index contributed by atoms with van der Waals surface area (Å²) < 4.78 is 5.88. The molecule has 0 spiro atoms. The predicted octanol–water partition coefficient (Wildman–Crippen LogP) is 3.71. The third-order valence-electron chi connectivity index (χ3n) is 3.38. The van der Waals surface area contributed by atoms with Crippen molar-refractivity contribution >= 4 is 0 Å². The first-order chi connectivity index (χ1) is 8.73. The molecular formula is C16H30N2O. The van der Waals surface area contributed by atoms with Crippen LogP contribution in [0.1, 0.15) is 58.6 Å². The van der Waals surface area contributed by atoms with Crippen LogP contribution >= 0.6 is 0 Å². The SMILES string of the molecule is CCN(Cc1cc(CNC(C)(C)C)c(C)o1)C(C)C. The van der Waals surface area contributed by atoms with E-state index >= 15 is 0 Å². The summed E-state index contributed by atoms with van der Waals surface area (Å²) in [5, 5.41) is 3.51. The molecule has 110 valence electrons. The smallest absolute Gasteiger partial charge is 0.118 e. The minimum Gasteiger partial charge on any atom is -0.465 e. The standard InChI is InChI=1S/C16H30N2O/c1-8-18(12(2)3)11-15-9-14(13(4)19-15)10-17-16(5,6)7/h9,12,17H,8,10-11H2,1-7H3. The van der Waals surface area contributed by atoms with Crippen LogP contribution in [0.4, 0.5) is 0 Å². The maximum atomic E-state index is 5.88. The summed E-state index contributed by atoms with van der Waals surface area (Å²) in [6.07, 6.45) is 0. The molecule has 0 aliphatic carbocycles. The number of hydrogen-bond donors (Lipinski definition) is 1. The van der Waals surface area contributed by atoms with Crippen molar-refractivity contribution in [3.8, 4) is 0 Å². The van der Waals surface area contributed by atoms with E-state index in [0.717, 1.165) is 31.2 Å². The highest BCUT2D eigenvalue weighted by Gasteiger charge is 2.15. The second-order valence-electron chi connectivity index (χ2n) is 6.55. The van der Waals surface area contributed by atoms with Gasteiger partial charge in [0.1, 0.15) is 11.5 Å². The normalized spacial score (nSPS) is 12.7. The largest absolute Gasteiger partial charge is 0.465 e. The number of rotatable bonds is 6. The Kier molecular flexibility index (Phi) is 5.63. The highest BCUT2D eigenvalue weighted by Crippen LogP contribution is 2.18. The van der Waals surface area contributed by atoms with Gasteiger partial charge in [-0.3, -0.25) is 4.90 Å². The number of aryl methyl sites for hydroxylation is 1. The minimum atomic E-state index is 0.136. The molecule has 0 amide bonds. The Hall–Kier alpha value is -0.800. The van der Waals surface area contributed by atoms with Crippen LogP contribution in [-0.4, -0.2) is 23.0 Å². The average Bonchev–Trinajstić information content (AvgIpc) is 2.62. The molecule has 0 radical (unpaired) electrons. The molecule has 0 aliphatic heterocycles. The summed E-state index contributed by atoms with van der Waals surface area (Å²) in [5.41, 5.74) is 1.40. The molecule has 3 nitrogen and oxygen atoms in total. The zero-order valence-electron chi connectivity index (χ0n) is 13.6. The number of nitrogens with one attached hydrogen (secondary N) is 1. The van der Waals surface area contributed by atoms with Crippen LogP contribution in [0.15, 0.2) is 10.5 Å². The molecule has 1 aromatic rings. The molecule has 0 saturated heterocycles. The van der Waals surface area contributed by atoms with Gasteiger partial charge in [0, 0.05) is 23.7 Å². The molecule has 19 heavy (non-hydrogen) atoms. The van der Waals surface area contributed by atoms with Crippen LogP contribution in [0, 0.1) is 6.92 Å². The first-order valence-corrected chi connectivity index (χ1v) is 7.30. The fourth-order valence-electron chi connectivity index (χ4n) is 2.06. The van der Waals surface area contributed by atoms with Gasteiger partial charge in [-0.1, -0.05) is 6.92 Å². The molecule has 0 fully saturated rings. The molecule has 3 heteroatoms. The average molecular weight is 266 g/mol. The van der Waals surface area contributed by atoms with Gasteiger partial charge in [-0.25, -0.2) is 0 Å². The number of furan rings is 1. The van der Waals surface area contributed by atoms with Crippen molar-refractivity contribution < 1.29 is 4.42 Å². The van der Waals surface area contributed by atoms with E-state index < -0.39 is 0 Å². The Balaban J connectivity index is 2.68. The van der Waals surface area contributed by atoms with Crippen LogP contribution in [0.5, 0.6) is 0 Å². The first-order valence-electron chi connectivity index (χ1n) is 7.30. The van der Waals surface area contributed by atoms with E-state index in [4.69, 9.17) is 4.42 Å². The maximum absolute atomic E-state index is 5.88. The molecule has 0 unspecified atom stereocenters. The van der Waals surface area contributed by atoms with Gasteiger partial charge in [0.05, 0.1) is 6.54 Å². The summed E-state index contributed by atoms with van der Waals surface area (Å²) in [7, 11) is 0. The Morgan fingerprint density at radius 2 is 1.95 bits per heavy atom. The van der Waals surface area contributed by atoms with Crippen molar-refractivity contribution in [2.24, 2.45) is 0 Å². The molecule has 1 heterocycles. The van der Waals surface area contributed by atoms with Gasteiger partial charge in [0.15, 0.2) is 0 Å². The van der Waals surface area contributed by atoms with E-state index in [1.54, 1.807) is 0 Å². The molecule has 0 aromatic carbocycles. The van der Waals surface area contributed by atoms with Gasteiger partial charge >= 0.3 is 0 Å². The lowest BCUT2D eigenvalue weighted by Crippen LogP contribution is -2.35. The van der Waals surface area contributed by atoms with E-state index in [1.165, 1.54) is 5.56 Å². The van der Waals surface area contributed by atoms with Gasteiger partial charge in [0.25, 0.3) is 0 Å². The van der Waals surface area contributed by atoms with Gasteiger partial charge < -0.3 is 9.73 Å². The third kappa shape index (κ3) is 5.37. The molecule has 1 rings (SSSR count). The van der Waals surface area contributed by atoms with Gasteiger partial charge in [-0.05, 0) is 54.2 Å². The fraction of sp³-hybridized carbons (Fsp3) is 0.750. The topological polar surface area (TPSA) is 28.4 Å². The van der Waals surface area contributed by atoms with Crippen LogP contribution in [0.3, 0.4) is 0 Å². The third-order valence-corrected chi connectivity index (χ3v) is 3.38. The summed E-state index contributed by atoms with van der Waals surface area (Å²) in [6.45, 7) is 18.0. The first kappa shape index (κ1) is 16.3. The molecule has 0 aliphatic rings. The van der Waals surface area contributed by atoms with Crippen molar-refractivity contribution in [1.82, 2.24) is 10.2 Å². The van der Waals surface area contributed by atoms with E-state index in [-0.39, 0.29) is 5.54 Å². The fourth-order valence-corrected chi connectivity index (χ4v) is 2.06. The molecular weight excluding hydrogens is 236 g/mol. The highest BCUT2D eigenvalue weighted by atomic mass is 16.3. The Bertz CT molecular complexity index is 388. The van der Waals surface area contributed by atoms with Crippen molar-refractivity contribution in [2.45, 2.75) is 73.1 Å². The molecule has 0 bridgehead atoms. The van der Waals surface area contributed by atoms with E-state index in [9.17, 15) is 0 Å². The highest BCUT2D eigenvalue weighted by molar-refractivity contribution is 5.21. The molecule has 0 saturated carbocycles. The second kappa shape index (κ2) is 6.58. The zero-order chi connectivity index (χ0) is 14.6. The van der Waals surface area contributed by atoms with Crippen molar-refractivity contribution in [2.75, 3.05) is 6.54 Å². The van der Waals surface area contributed by atoms with Crippen LogP contribution < -0.4 is 5.32 Å². The predicted molar refractivity (Wildman–Crippen MR) is 81.3 cm³/mol. The Labute approximate surface area is 118 Å². The minimum absolute atomic E-state index is 0.136. The lowest BCUT2D eigenvalue weighted by atomic mass is 10.1. The molecule has 0 atom stereocenters. The van der Waals surface area contributed by atoms with E-state index in [0.29, 0.717) is 6.04 Å². The summed E-state index contributed by atoms with van der Waals surface area (Å²) in [6, 6.07) is 2.74. The lowest BCUT2D eigenvalue weighted by Gasteiger charge is -2.23. The summed E-state index contributed by atoms with van der Waals surface area (Å²) in [5.74, 6) is 2.10. The number of nitrogens with zero attached hydrogens (tertiary/aromatic N) is 1. The molecule has 1 N–H and O–H groups in total. The molecule has 1 aromatic heterocycles. The van der Waals surface area contributed by atoms with Gasteiger partial charge in [0.2, 0.25) is 0 Å². The van der Waals surface area contributed by atoms with Crippen molar-refractivity contribution in [1.29, 1.82) is 0 Å². The van der Waals surface area contributed by atoms with Crippen molar-refractivity contribution in [3.63, 3.8) is 0 Å². The quantitative estimate of drug-likeness (QED) is 0.851. The van der Waals surface area contributed by atoms with Gasteiger partial charge in [-0.2, -0.15) is 0 Å². The van der Waals surface area contributed by atoms with E-state index in [2.05, 4.69) is 64.7 Å². The summed E-state index contributed by atoms with van der Waals surface area (Å²) in [4.78, 5) is 2.40. The van der Waals surface area contributed by atoms with Crippen LogP contribution in [0.2, 0.25) is 0 Å². The second-order valence-corrected chi connectivity index (χ2v) is 6.55. The number of hydrogen-bond acceptors (Lipinski definition) is 3. The maximum Gasteiger partial charge on any atom is 0.118 e. The lowest BCUT2D eigenvalue weighted by molar-refractivity contribution is 0.206. The van der Waals surface area contributed by atoms with Crippen molar-refractivity contribution in [3.05, 3.63) is 23.2 Å². The monoisotopic (exact) mass is 266 g/mol.